The van der Waals surface area contributed by atoms with Gasteiger partial charge in [0.25, 0.3) is 0 Å². The zero-order valence-electron chi connectivity index (χ0n) is 14.8. The fourth-order valence-electron chi connectivity index (χ4n) is 3.33. The van der Waals surface area contributed by atoms with Crippen LogP contribution in [0.5, 0.6) is 0 Å². The highest BCUT2D eigenvalue weighted by molar-refractivity contribution is 5.65. The van der Waals surface area contributed by atoms with Crippen LogP contribution < -0.4 is 4.90 Å². The molecule has 1 aliphatic rings. The molecule has 0 aliphatic carbocycles. The molecular formula is C20H22N4O2. The average Bonchev–Trinajstić information content (AvgIpc) is 2.68. The molecule has 6 nitrogen and oxygen atoms in total. The molecule has 3 rings (SSSR count). The highest BCUT2D eigenvalue weighted by atomic mass is 16.4. The molecule has 0 spiro atoms. The Kier molecular flexibility index (Phi) is 5.37. The average molecular weight is 350 g/mol. The molecule has 6 heteroatoms. The molecular weight excluding hydrogens is 328 g/mol. The lowest BCUT2D eigenvalue weighted by molar-refractivity contribution is 0.131. The molecule has 0 unspecified atom stereocenters. The second kappa shape index (κ2) is 7.87. The molecule has 2 heterocycles. The van der Waals surface area contributed by atoms with Crippen LogP contribution in [0, 0.1) is 11.3 Å². The minimum atomic E-state index is -0.874. The van der Waals surface area contributed by atoms with Gasteiger partial charge in [0.2, 0.25) is 0 Å². The maximum atomic E-state index is 11.1. The third-order valence-electron chi connectivity index (χ3n) is 4.88. The van der Waals surface area contributed by atoms with E-state index in [4.69, 9.17) is 15.4 Å². The second-order valence-corrected chi connectivity index (χ2v) is 6.53. The Morgan fingerprint density at radius 3 is 2.73 bits per heavy atom. The first kappa shape index (κ1) is 17.7. The van der Waals surface area contributed by atoms with Gasteiger partial charge in [0.15, 0.2) is 0 Å². The molecule has 1 fully saturated rings. The lowest BCUT2D eigenvalue weighted by atomic mass is 10.0. The van der Waals surface area contributed by atoms with Gasteiger partial charge >= 0.3 is 6.09 Å². The molecule has 0 atom stereocenters. The molecule has 134 valence electrons. The van der Waals surface area contributed by atoms with Gasteiger partial charge in [0.05, 0.1) is 18.2 Å². The molecule has 26 heavy (non-hydrogen) atoms. The minimum Gasteiger partial charge on any atom is -0.465 e. The lowest BCUT2D eigenvalue weighted by Crippen LogP contribution is -2.45. The lowest BCUT2D eigenvalue weighted by Gasteiger charge is -2.36. The van der Waals surface area contributed by atoms with Gasteiger partial charge in [0, 0.05) is 31.7 Å². The number of amides is 1. The second-order valence-electron chi connectivity index (χ2n) is 6.53. The Bertz CT molecular complexity index is 823. The van der Waals surface area contributed by atoms with Crippen molar-refractivity contribution in [3.8, 4) is 17.3 Å². The largest absolute Gasteiger partial charge is 0.465 e. The van der Waals surface area contributed by atoms with Gasteiger partial charge < -0.3 is 14.9 Å². The molecule has 1 aliphatic heterocycles. The van der Waals surface area contributed by atoms with Gasteiger partial charge in [-0.2, -0.15) is 5.26 Å². The first-order valence-corrected chi connectivity index (χ1v) is 8.72. The van der Waals surface area contributed by atoms with Gasteiger partial charge in [-0.3, -0.25) is 0 Å². The number of rotatable bonds is 4. The van der Waals surface area contributed by atoms with Crippen LogP contribution in [0.2, 0.25) is 0 Å². The van der Waals surface area contributed by atoms with E-state index in [1.807, 2.05) is 42.5 Å². The Labute approximate surface area is 153 Å². The zero-order chi connectivity index (χ0) is 18.5. The van der Waals surface area contributed by atoms with Crippen LogP contribution in [-0.2, 0) is 6.42 Å². The normalized spacial score (nSPS) is 14.7. The first-order valence-electron chi connectivity index (χ1n) is 8.72. The fraction of sp³-hybridized carbons (Fsp3) is 0.350. The molecule has 1 aromatic carbocycles. The van der Waals surface area contributed by atoms with Crippen molar-refractivity contribution in [1.29, 1.82) is 5.26 Å². The van der Waals surface area contributed by atoms with Crippen molar-refractivity contribution in [2.24, 2.45) is 0 Å². The summed E-state index contributed by atoms with van der Waals surface area (Å²) in [5.41, 5.74) is 2.86. The third-order valence-corrected chi connectivity index (χ3v) is 4.88. The fourth-order valence-corrected chi connectivity index (χ4v) is 3.33. The van der Waals surface area contributed by atoms with E-state index in [0.717, 1.165) is 48.6 Å². The van der Waals surface area contributed by atoms with Crippen molar-refractivity contribution in [3.63, 3.8) is 0 Å². The van der Waals surface area contributed by atoms with Crippen molar-refractivity contribution in [2.45, 2.75) is 25.3 Å². The van der Waals surface area contributed by atoms with Crippen LogP contribution in [0.15, 0.2) is 42.5 Å². The van der Waals surface area contributed by atoms with Crippen LogP contribution in [0.4, 0.5) is 10.6 Å². The number of anilines is 1. The highest BCUT2D eigenvalue weighted by Gasteiger charge is 2.25. The number of carboxylic acid groups (broad SMARTS) is 1. The summed E-state index contributed by atoms with van der Waals surface area (Å²) in [5.74, 6) is 0.907. The molecule has 1 N–H and O–H groups in total. The van der Waals surface area contributed by atoms with Crippen molar-refractivity contribution in [1.82, 2.24) is 9.88 Å². The first-order chi connectivity index (χ1) is 12.6. The molecule has 1 aromatic heterocycles. The van der Waals surface area contributed by atoms with Crippen molar-refractivity contribution >= 4 is 11.9 Å². The minimum absolute atomic E-state index is 0.0644. The number of pyridine rings is 1. The molecule has 1 amide bonds. The summed E-state index contributed by atoms with van der Waals surface area (Å²) in [7, 11) is 1.63. The standard InChI is InChI=1S/C20H22N4O2/c1-23(20(25)26)17-9-12-24(13-10-17)19-7-3-6-18(22-19)16-5-2-4-15(14-16)8-11-21/h2-7,14,17H,8-10,12-13H2,1H3,(H,25,26). The summed E-state index contributed by atoms with van der Waals surface area (Å²) < 4.78 is 0. The van der Waals surface area contributed by atoms with E-state index < -0.39 is 6.09 Å². The monoisotopic (exact) mass is 350 g/mol. The maximum absolute atomic E-state index is 11.1. The number of nitriles is 1. The summed E-state index contributed by atoms with van der Waals surface area (Å²) in [6.07, 6.45) is 1.11. The SMILES string of the molecule is CN(C(=O)O)C1CCN(c2cccc(-c3cccc(CC#N)c3)n2)CC1. The van der Waals surface area contributed by atoms with Crippen LogP contribution in [0.3, 0.4) is 0 Å². The number of hydrogen-bond donors (Lipinski definition) is 1. The number of aromatic nitrogens is 1. The van der Waals surface area contributed by atoms with Gasteiger partial charge in [0.1, 0.15) is 5.82 Å². The molecule has 0 radical (unpaired) electrons. The van der Waals surface area contributed by atoms with Gasteiger partial charge in [-0.15, -0.1) is 0 Å². The van der Waals surface area contributed by atoms with E-state index in [1.165, 1.54) is 4.90 Å². The smallest absolute Gasteiger partial charge is 0.407 e. The maximum Gasteiger partial charge on any atom is 0.407 e. The van der Waals surface area contributed by atoms with E-state index in [9.17, 15) is 4.79 Å². The molecule has 1 saturated heterocycles. The summed E-state index contributed by atoms with van der Waals surface area (Å²) in [6, 6.07) is 16.1. The summed E-state index contributed by atoms with van der Waals surface area (Å²) in [5, 5.41) is 18.0. The Hall–Kier alpha value is -3.07. The number of piperidine rings is 1. The Morgan fingerprint density at radius 1 is 1.31 bits per heavy atom. The number of benzene rings is 1. The quantitative estimate of drug-likeness (QED) is 0.914. The summed E-state index contributed by atoms with van der Waals surface area (Å²) in [4.78, 5) is 19.5. The van der Waals surface area contributed by atoms with Crippen molar-refractivity contribution in [2.75, 3.05) is 25.0 Å². The zero-order valence-corrected chi connectivity index (χ0v) is 14.8. The van der Waals surface area contributed by atoms with Crippen molar-refractivity contribution in [3.05, 3.63) is 48.0 Å². The van der Waals surface area contributed by atoms with E-state index in [0.29, 0.717) is 6.42 Å². The van der Waals surface area contributed by atoms with E-state index in [2.05, 4.69) is 11.0 Å². The molecule has 0 bridgehead atoms. The van der Waals surface area contributed by atoms with Crippen LogP contribution in [0.1, 0.15) is 18.4 Å². The number of carbonyl (C=O) groups is 1. The van der Waals surface area contributed by atoms with Crippen LogP contribution in [-0.4, -0.2) is 47.3 Å². The summed E-state index contributed by atoms with van der Waals surface area (Å²) in [6.45, 7) is 1.57. The predicted octanol–water partition coefficient (Wildman–Crippen LogP) is 3.39. The third kappa shape index (κ3) is 3.94. The topological polar surface area (TPSA) is 80.5 Å². The summed E-state index contributed by atoms with van der Waals surface area (Å²) >= 11 is 0. The van der Waals surface area contributed by atoms with Gasteiger partial charge in [-0.25, -0.2) is 9.78 Å². The number of hydrogen-bond acceptors (Lipinski definition) is 4. The van der Waals surface area contributed by atoms with Gasteiger partial charge in [-0.1, -0.05) is 24.3 Å². The van der Waals surface area contributed by atoms with E-state index >= 15 is 0 Å². The van der Waals surface area contributed by atoms with Gasteiger partial charge in [-0.05, 0) is 36.6 Å². The predicted molar refractivity (Wildman–Crippen MR) is 100 cm³/mol. The number of nitrogens with zero attached hydrogens (tertiary/aromatic N) is 4. The Morgan fingerprint density at radius 2 is 2.04 bits per heavy atom. The van der Waals surface area contributed by atoms with E-state index in [-0.39, 0.29) is 6.04 Å². The Balaban J connectivity index is 1.74. The van der Waals surface area contributed by atoms with Crippen LogP contribution >= 0.6 is 0 Å². The highest BCUT2D eigenvalue weighted by Crippen LogP contribution is 2.25. The van der Waals surface area contributed by atoms with E-state index in [1.54, 1.807) is 7.05 Å². The van der Waals surface area contributed by atoms with Crippen molar-refractivity contribution < 1.29 is 9.90 Å². The molecule has 0 saturated carbocycles. The van der Waals surface area contributed by atoms with Crippen LogP contribution in [0.25, 0.3) is 11.3 Å². The molecule has 2 aromatic rings.